The quantitative estimate of drug-likeness (QED) is 0.771. The maximum Gasteiger partial charge on any atom is 0.251 e. The fraction of sp³-hybridized carbons (Fsp3) is 0.333. The second kappa shape index (κ2) is 7.31. The van der Waals surface area contributed by atoms with Crippen molar-refractivity contribution in [2.45, 2.75) is 6.92 Å². The van der Waals surface area contributed by atoms with Crippen LogP contribution in [0.5, 0.6) is 0 Å². The first kappa shape index (κ1) is 15.7. The van der Waals surface area contributed by atoms with Crippen LogP contribution in [0.15, 0.2) is 18.2 Å². The van der Waals surface area contributed by atoms with Gasteiger partial charge in [-0.15, -0.1) is 0 Å². The van der Waals surface area contributed by atoms with E-state index in [1.807, 2.05) is 6.92 Å². The lowest BCUT2D eigenvalue weighted by molar-refractivity contribution is -0.127. The maximum absolute atomic E-state index is 11.9. The number of aryl methyl sites for hydroxylation is 1. The van der Waals surface area contributed by atoms with Gasteiger partial charge in [-0.05, 0) is 24.6 Å². The van der Waals surface area contributed by atoms with Crippen molar-refractivity contribution in [2.24, 2.45) is 0 Å². The summed E-state index contributed by atoms with van der Waals surface area (Å²) < 4.78 is 0. The van der Waals surface area contributed by atoms with Gasteiger partial charge in [-0.2, -0.15) is 0 Å². The molecule has 0 radical (unpaired) electrons. The molecule has 1 rings (SSSR count). The van der Waals surface area contributed by atoms with Gasteiger partial charge in [0.05, 0.1) is 6.54 Å². The van der Waals surface area contributed by atoms with E-state index in [2.05, 4.69) is 17.2 Å². The SMILES string of the molecule is Cc1ccc(C(=O)NCC(=O)N(C)C)cc1C#CCO. The minimum absolute atomic E-state index is 0.0443. The van der Waals surface area contributed by atoms with Crippen molar-refractivity contribution in [3.63, 3.8) is 0 Å². The van der Waals surface area contributed by atoms with Gasteiger partial charge >= 0.3 is 0 Å². The fourth-order valence-electron chi connectivity index (χ4n) is 1.45. The molecule has 5 nitrogen and oxygen atoms in total. The number of hydrogen-bond acceptors (Lipinski definition) is 3. The summed E-state index contributed by atoms with van der Waals surface area (Å²) in [6, 6.07) is 5.10. The summed E-state index contributed by atoms with van der Waals surface area (Å²) >= 11 is 0. The lowest BCUT2D eigenvalue weighted by Gasteiger charge is -2.11. The average Bonchev–Trinajstić information content (AvgIpc) is 2.43. The summed E-state index contributed by atoms with van der Waals surface area (Å²) in [5, 5.41) is 11.3. The van der Waals surface area contributed by atoms with Crippen LogP contribution < -0.4 is 5.32 Å². The first-order valence-corrected chi connectivity index (χ1v) is 6.14. The number of aliphatic hydroxyl groups is 1. The van der Waals surface area contributed by atoms with Crippen molar-refractivity contribution in [3.05, 3.63) is 34.9 Å². The normalized spacial score (nSPS) is 9.40. The van der Waals surface area contributed by atoms with Crippen LogP contribution in [0, 0.1) is 18.8 Å². The Balaban J connectivity index is 2.81. The summed E-state index contributed by atoms with van der Waals surface area (Å²) in [6.45, 7) is 1.60. The summed E-state index contributed by atoms with van der Waals surface area (Å²) in [6.07, 6.45) is 0. The lowest BCUT2D eigenvalue weighted by atomic mass is 10.0. The molecule has 1 aromatic rings. The summed E-state index contributed by atoms with van der Waals surface area (Å²) in [7, 11) is 3.26. The van der Waals surface area contributed by atoms with E-state index >= 15 is 0 Å². The summed E-state index contributed by atoms with van der Waals surface area (Å²) in [5.74, 6) is 4.83. The third-order valence-electron chi connectivity index (χ3n) is 2.70. The van der Waals surface area contributed by atoms with Gasteiger partial charge in [-0.3, -0.25) is 9.59 Å². The van der Waals surface area contributed by atoms with Crippen LogP contribution in [-0.2, 0) is 4.79 Å². The minimum atomic E-state index is -0.327. The number of hydrogen-bond donors (Lipinski definition) is 2. The van der Waals surface area contributed by atoms with E-state index in [9.17, 15) is 9.59 Å². The van der Waals surface area contributed by atoms with E-state index in [1.54, 1.807) is 32.3 Å². The number of rotatable bonds is 3. The van der Waals surface area contributed by atoms with Crippen LogP contribution >= 0.6 is 0 Å². The Bertz CT molecular complexity index is 568. The number of nitrogens with one attached hydrogen (secondary N) is 1. The molecule has 0 aromatic heterocycles. The van der Waals surface area contributed by atoms with Crippen LogP contribution in [0.4, 0.5) is 0 Å². The van der Waals surface area contributed by atoms with E-state index < -0.39 is 0 Å². The Hall–Kier alpha value is -2.32. The molecule has 5 heteroatoms. The molecule has 0 unspecified atom stereocenters. The molecular formula is C15H18N2O3. The van der Waals surface area contributed by atoms with Gasteiger partial charge in [0.1, 0.15) is 6.61 Å². The molecule has 0 bridgehead atoms. The molecule has 0 heterocycles. The van der Waals surface area contributed by atoms with Crippen molar-refractivity contribution in [3.8, 4) is 11.8 Å². The van der Waals surface area contributed by atoms with E-state index in [4.69, 9.17) is 5.11 Å². The molecular weight excluding hydrogens is 256 g/mol. The highest BCUT2D eigenvalue weighted by atomic mass is 16.2. The molecule has 0 aliphatic heterocycles. The molecule has 0 aliphatic rings. The zero-order chi connectivity index (χ0) is 15.1. The molecule has 2 N–H and O–H groups in total. The highest BCUT2D eigenvalue weighted by Crippen LogP contribution is 2.10. The third kappa shape index (κ3) is 4.41. The topological polar surface area (TPSA) is 69.6 Å². The molecule has 0 saturated carbocycles. The number of likely N-dealkylation sites (N-methyl/N-ethyl adjacent to an activating group) is 1. The van der Waals surface area contributed by atoms with Crippen LogP contribution in [0.3, 0.4) is 0 Å². The average molecular weight is 274 g/mol. The van der Waals surface area contributed by atoms with Gasteiger partial charge in [0.2, 0.25) is 5.91 Å². The molecule has 0 saturated heterocycles. The number of nitrogens with zero attached hydrogens (tertiary/aromatic N) is 1. The Morgan fingerprint density at radius 2 is 2.05 bits per heavy atom. The second-order valence-corrected chi connectivity index (χ2v) is 4.46. The minimum Gasteiger partial charge on any atom is -0.384 e. The van der Waals surface area contributed by atoms with E-state index in [0.717, 1.165) is 5.56 Å². The van der Waals surface area contributed by atoms with Crippen LogP contribution in [0.1, 0.15) is 21.5 Å². The monoisotopic (exact) mass is 274 g/mol. The van der Waals surface area contributed by atoms with Crippen molar-refractivity contribution >= 4 is 11.8 Å². The van der Waals surface area contributed by atoms with Crippen molar-refractivity contribution in [2.75, 3.05) is 27.2 Å². The number of amides is 2. The summed E-state index contributed by atoms with van der Waals surface area (Å²) in [5.41, 5.74) is 2.04. The first-order chi connectivity index (χ1) is 9.45. The molecule has 0 fully saturated rings. The molecule has 106 valence electrons. The lowest BCUT2D eigenvalue weighted by Crippen LogP contribution is -2.36. The molecule has 20 heavy (non-hydrogen) atoms. The van der Waals surface area contributed by atoms with Crippen molar-refractivity contribution < 1.29 is 14.7 Å². The highest BCUT2D eigenvalue weighted by molar-refractivity contribution is 5.96. The maximum atomic E-state index is 11.9. The predicted octanol–water partition coefficient (Wildman–Crippen LogP) is 0.157. The Morgan fingerprint density at radius 3 is 2.65 bits per heavy atom. The van der Waals surface area contributed by atoms with E-state index in [0.29, 0.717) is 11.1 Å². The van der Waals surface area contributed by atoms with Crippen LogP contribution in [0.2, 0.25) is 0 Å². The van der Waals surface area contributed by atoms with E-state index in [-0.39, 0.29) is 25.0 Å². The number of carbonyl (C=O) groups excluding carboxylic acids is 2. The fourth-order valence-corrected chi connectivity index (χ4v) is 1.45. The molecule has 0 atom stereocenters. The van der Waals surface area contributed by atoms with E-state index in [1.165, 1.54) is 4.90 Å². The smallest absolute Gasteiger partial charge is 0.251 e. The number of aliphatic hydroxyl groups excluding tert-OH is 1. The number of benzene rings is 1. The van der Waals surface area contributed by atoms with Crippen molar-refractivity contribution in [1.82, 2.24) is 10.2 Å². The Kier molecular flexibility index (Phi) is 5.75. The predicted molar refractivity (Wildman–Crippen MR) is 76.2 cm³/mol. The summed E-state index contributed by atoms with van der Waals surface area (Å²) in [4.78, 5) is 24.7. The molecule has 0 aliphatic carbocycles. The van der Waals surface area contributed by atoms with Crippen LogP contribution in [0.25, 0.3) is 0 Å². The zero-order valence-corrected chi connectivity index (χ0v) is 11.9. The first-order valence-electron chi connectivity index (χ1n) is 6.14. The third-order valence-corrected chi connectivity index (χ3v) is 2.70. The van der Waals surface area contributed by atoms with Gasteiger partial charge < -0.3 is 15.3 Å². The zero-order valence-electron chi connectivity index (χ0n) is 11.9. The van der Waals surface area contributed by atoms with Gasteiger partial charge in [-0.25, -0.2) is 0 Å². The van der Waals surface area contributed by atoms with Gasteiger partial charge in [0.25, 0.3) is 5.91 Å². The van der Waals surface area contributed by atoms with Gasteiger partial charge in [0, 0.05) is 25.2 Å². The van der Waals surface area contributed by atoms with Gasteiger partial charge in [-0.1, -0.05) is 17.9 Å². The molecule has 1 aromatic carbocycles. The standard InChI is InChI=1S/C15H18N2O3/c1-11-6-7-13(9-12(11)5-4-8-18)15(20)16-10-14(19)17(2)3/h6-7,9,18H,8,10H2,1-3H3,(H,16,20). The molecule has 0 spiro atoms. The largest absolute Gasteiger partial charge is 0.384 e. The van der Waals surface area contributed by atoms with Crippen LogP contribution in [-0.4, -0.2) is 49.1 Å². The Morgan fingerprint density at radius 1 is 1.35 bits per heavy atom. The molecule has 2 amide bonds. The van der Waals surface area contributed by atoms with Gasteiger partial charge in [0.15, 0.2) is 0 Å². The van der Waals surface area contributed by atoms with Crippen molar-refractivity contribution in [1.29, 1.82) is 0 Å². The second-order valence-electron chi connectivity index (χ2n) is 4.46. The number of carbonyl (C=O) groups is 2. The highest BCUT2D eigenvalue weighted by Gasteiger charge is 2.10. The Labute approximate surface area is 118 Å².